The Morgan fingerprint density at radius 2 is 2.00 bits per heavy atom. The van der Waals surface area contributed by atoms with Crippen molar-refractivity contribution in [1.29, 1.82) is 0 Å². The van der Waals surface area contributed by atoms with E-state index in [0.717, 1.165) is 0 Å². The lowest BCUT2D eigenvalue weighted by Crippen LogP contribution is -1.85. The highest BCUT2D eigenvalue weighted by Gasteiger charge is 2.39. The standard InChI is InChI=1S/C5H8Cl4OP/c1-2-10-4-5(3-6)11(7,8)9/h4H,2-3H2,1H3/q+1. The van der Waals surface area contributed by atoms with Gasteiger partial charge in [-0.1, -0.05) is 0 Å². The zero-order valence-corrected chi connectivity index (χ0v) is 9.78. The summed E-state index contributed by atoms with van der Waals surface area (Å²) in [7, 11) is 0. The second-order valence-electron chi connectivity index (χ2n) is 1.64. The number of allylic oxidation sites excluding steroid dienone is 1. The Kier molecular flexibility index (Phi) is 6.31. The minimum Gasteiger partial charge on any atom is -0.498 e. The van der Waals surface area contributed by atoms with Crippen molar-refractivity contribution >= 4 is 50.6 Å². The van der Waals surface area contributed by atoms with Crippen molar-refractivity contribution in [3.63, 3.8) is 0 Å². The molecule has 6 heteroatoms. The fourth-order valence-electron chi connectivity index (χ4n) is 0.339. The molecule has 0 radical (unpaired) electrons. The summed E-state index contributed by atoms with van der Waals surface area (Å²) in [6.45, 7) is 2.39. The maximum absolute atomic E-state index is 5.64. The van der Waals surface area contributed by atoms with Crippen LogP contribution in [0, 0.1) is 0 Å². The highest BCUT2D eigenvalue weighted by molar-refractivity contribution is 8.35. The Hall–Kier alpha value is 1.13. The van der Waals surface area contributed by atoms with Crippen LogP contribution in [0.15, 0.2) is 11.6 Å². The fraction of sp³-hybridized carbons (Fsp3) is 0.600. The minimum atomic E-state index is -2.53. The molecule has 11 heavy (non-hydrogen) atoms. The van der Waals surface area contributed by atoms with Gasteiger partial charge in [-0.05, 0) is 6.92 Å². The van der Waals surface area contributed by atoms with E-state index >= 15 is 0 Å². The van der Waals surface area contributed by atoms with Gasteiger partial charge >= 0.3 is 5.32 Å². The Labute approximate surface area is 86.3 Å². The predicted molar refractivity (Wildman–Crippen MR) is 54.9 cm³/mol. The molecule has 0 atom stereocenters. The van der Waals surface area contributed by atoms with Gasteiger partial charge in [-0.2, -0.15) is 0 Å². The molecule has 0 rings (SSSR count). The molecule has 0 N–H and O–H groups in total. The van der Waals surface area contributed by atoms with Crippen molar-refractivity contribution in [3.8, 4) is 0 Å². The molecule has 0 unspecified atom stereocenters. The monoisotopic (exact) mass is 255 g/mol. The van der Waals surface area contributed by atoms with E-state index in [4.69, 9.17) is 50.1 Å². The normalized spacial score (nSPS) is 13.4. The van der Waals surface area contributed by atoms with Gasteiger partial charge in [0.1, 0.15) is 40.0 Å². The lowest BCUT2D eigenvalue weighted by Gasteiger charge is -2.01. The van der Waals surface area contributed by atoms with Crippen LogP contribution in [0.2, 0.25) is 0 Å². The molecule has 0 saturated carbocycles. The highest BCUT2D eigenvalue weighted by atomic mass is 36.1. The molecule has 0 aliphatic carbocycles. The molecule has 1 nitrogen and oxygen atoms in total. The van der Waals surface area contributed by atoms with E-state index < -0.39 is 5.32 Å². The van der Waals surface area contributed by atoms with Gasteiger partial charge in [0.25, 0.3) is 0 Å². The van der Waals surface area contributed by atoms with E-state index in [9.17, 15) is 0 Å². The summed E-state index contributed by atoms with van der Waals surface area (Å²) in [4.78, 5) is 0. The Balaban J connectivity index is 4.16. The van der Waals surface area contributed by atoms with E-state index in [-0.39, 0.29) is 5.88 Å². The third kappa shape index (κ3) is 5.38. The summed E-state index contributed by atoms with van der Waals surface area (Å²) in [5.41, 5.74) is 0. The molecule has 0 aromatic heterocycles. The SMILES string of the molecule is CCOC=C(CCl)[P+](Cl)(Cl)Cl. The average molecular weight is 257 g/mol. The first-order valence-corrected chi connectivity index (χ1v) is 7.91. The van der Waals surface area contributed by atoms with E-state index in [1.54, 1.807) is 0 Å². The lowest BCUT2D eigenvalue weighted by atomic mass is 10.7. The fourth-order valence-corrected chi connectivity index (χ4v) is 2.72. The predicted octanol–water partition coefficient (Wildman–Crippen LogP) is 4.58. The molecular weight excluding hydrogens is 249 g/mol. The third-order valence-electron chi connectivity index (χ3n) is 0.849. The quantitative estimate of drug-likeness (QED) is 0.406. The van der Waals surface area contributed by atoms with Crippen molar-refractivity contribution < 1.29 is 4.74 Å². The third-order valence-corrected chi connectivity index (χ3v) is 4.19. The smallest absolute Gasteiger partial charge is 0.339 e. The van der Waals surface area contributed by atoms with Crippen LogP contribution >= 0.6 is 50.6 Å². The largest absolute Gasteiger partial charge is 0.498 e. The van der Waals surface area contributed by atoms with Gasteiger partial charge in [0, 0.05) is 0 Å². The van der Waals surface area contributed by atoms with Crippen LogP contribution in [0.4, 0.5) is 0 Å². The molecule has 0 aromatic rings. The van der Waals surface area contributed by atoms with Crippen LogP contribution in [0.1, 0.15) is 6.92 Å². The summed E-state index contributed by atoms with van der Waals surface area (Å²) in [5, 5.41) is -1.99. The summed E-state index contributed by atoms with van der Waals surface area (Å²) < 4.78 is 4.94. The summed E-state index contributed by atoms with van der Waals surface area (Å²) in [6, 6.07) is 0. The number of hydrogen-bond donors (Lipinski definition) is 0. The van der Waals surface area contributed by atoms with E-state index in [1.807, 2.05) is 6.92 Å². The second-order valence-corrected chi connectivity index (χ2v) is 9.50. The molecule has 0 aliphatic rings. The molecule has 0 spiro atoms. The average Bonchev–Trinajstić information content (AvgIpc) is 1.87. The van der Waals surface area contributed by atoms with Crippen LogP contribution in [0.3, 0.4) is 0 Å². The van der Waals surface area contributed by atoms with Crippen LogP contribution in [0.25, 0.3) is 0 Å². The van der Waals surface area contributed by atoms with Crippen molar-refractivity contribution in [2.24, 2.45) is 0 Å². The highest BCUT2D eigenvalue weighted by Crippen LogP contribution is 2.79. The van der Waals surface area contributed by atoms with Crippen LogP contribution in [-0.4, -0.2) is 12.5 Å². The summed E-state index contributed by atoms with van der Waals surface area (Å²) in [5.74, 6) is 0.199. The molecule has 66 valence electrons. The van der Waals surface area contributed by atoms with E-state index in [2.05, 4.69) is 0 Å². The number of rotatable bonds is 4. The molecular formula is C5H8Cl4OP+. The van der Waals surface area contributed by atoms with Gasteiger partial charge in [-0.15, -0.1) is 11.6 Å². The number of halogens is 4. The molecule has 0 aliphatic heterocycles. The zero-order chi connectivity index (χ0) is 8.91. The molecule has 0 bridgehead atoms. The maximum atomic E-state index is 5.64. The molecule has 0 saturated heterocycles. The lowest BCUT2D eigenvalue weighted by molar-refractivity contribution is 0.268. The van der Waals surface area contributed by atoms with Gasteiger partial charge in [0.15, 0.2) is 5.31 Å². The van der Waals surface area contributed by atoms with Crippen LogP contribution < -0.4 is 0 Å². The number of ether oxygens (including phenoxy) is 1. The minimum absolute atomic E-state index is 0.199. The van der Waals surface area contributed by atoms with Crippen molar-refractivity contribution in [3.05, 3.63) is 11.6 Å². The maximum Gasteiger partial charge on any atom is 0.339 e. The van der Waals surface area contributed by atoms with Gasteiger partial charge in [-0.25, -0.2) is 0 Å². The first kappa shape index (κ1) is 12.1. The Morgan fingerprint density at radius 3 is 2.27 bits per heavy atom. The number of hydrogen-bond acceptors (Lipinski definition) is 1. The first-order chi connectivity index (χ1) is 5.02. The van der Waals surface area contributed by atoms with Gasteiger partial charge < -0.3 is 4.74 Å². The van der Waals surface area contributed by atoms with Crippen molar-refractivity contribution in [2.75, 3.05) is 12.5 Å². The Morgan fingerprint density at radius 1 is 1.45 bits per heavy atom. The van der Waals surface area contributed by atoms with Crippen LogP contribution in [-0.2, 0) is 4.74 Å². The van der Waals surface area contributed by atoms with Crippen molar-refractivity contribution in [1.82, 2.24) is 0 Å². The van der Waals surface area contributed by atoms with Crippen molar-refractivity contribution in [2.45, 2.75) is 6.92 Å². The molecule has 0 amide bonds. The first-order valence-electron chi connectivity index (χ1n) is 2.87. The van der Waals surface area contributed by atoms with Gasteiger partial charge in [0.05, 0.1) is 12.5 Å². The topological polar surface area (TPSA) is 9.23 Å². The zero-order valence-electron chi connectivity index (χ0n) is 5.86. The number of alkyl halides is 1. The summed E-state index contributed by atoms with van der Waals surface area (Å²) >= 11 is 22.4. The van der Waals surface area contributed by atoms with Gasteiger partial charge in [0.2, 0.25) is 0 Å². The molecule has 0 heterocycles. The second kappa shape index (κ2) is 5.72. The van der Waals surface area contributed by atoms with Gasteiger partial charge in [-0.3, -0.25) is 0 Å². The molecule has 0 fully saturated rings. The Bertz CT molecular complexity index is 142. The molecule has 0 aromatic carbocycles. The van der Waals surface area contributed by atoms with E-state index in [1.165, 1.54) is 6.26 Å². The summed E-state index contributed by atoms with van der Waals surface area (Å²) in [6.07, 6.45) is 1.42. The van der Waals surface area contributed by atoms with E-state index in [0.29, 0.717) is 11.9 Å². The van der Waals surface area contributed by atoms with Crippen LogP contribution in [0.5, 0.6) is 0 Å².